The van der Waals surface area contributed by atoms with E-state index in [9.17, 15) is 9.59 Å². The Morgan fingerprint density at radius 3 is 2.88 bits per heavy atom. The second-order valence-electron chi connectivity index (χ2n) is 5.48. The molecule has 2 aromatic rings. The fourth-order valence-corrected chi connectivity index (χ4v) is 2.59. The first-order valence-corrected chi connectivity index (χ1v) is 7.54. The topological polar surface area (TPSA) is 89.9 Å². The number of nitrogens with zero attached hydrogens (tertiary/aromatic N) is 2. The van der Waals surface area contributed by atoms with E-state index in [1.165, 1.54) is 7.11 Å². The fourth-order valence-electron chi connectivity index (χ4n) is 2.59. The Hall–Kier alpha value is -2.96. The van der Waals surface area contributed by atoms with Crippen LogP contribution >= 0.6 is 0 Å². The molecule has 1 amide bonds. The zero-order valence-electron chi connectivity index (χ0n) is 13.4. The predicted molar refractivity (Wildman–Crippen MR) is 87.6 cm³/mol. The number of carbonyl (C=O) groups excluding carboxylic acids is 2. The van der Waals surface area contributed by atoms with Crippen molar-refractivity contribution in [1.29, 1.82) is 0 Å². The van der Waals surface area contributed by atoms with Crippen LogP contribution in [0.15, 0.2) is 41.7 Å². The third-order valence-electron chi connectivity index (χ3n) is 4.02. The van der Waals surface area contributed by atoms with Crippen molar-refractivity contribution in [1.82, 2.24) is 10.3 Å². The standard InChI is InChI=1S/C17H17N3O4/c1-10-13(20-24-15(10)17(22)23-2)9-19-16(21)14-12-6-4-3-5-11(12)7-8-18-14/h3-8,10,15H,9H2,1-2H3,(H,19,21). The summed E-state index contributed by atoms with van der Waals surface area (Å²) in [4.78, 5) is 33.2. The van der Waals surface area contributed by atoms with Crippen molar-refractivity contribution in [2.24, 2.45) is 11.1 Å². The zero-order chi connectivity index (χ0) is 17.1. The number of aromatic nitrogens is 1. The van der Waals surface area contributed by atoms with Gasteiger partial charge in [0.2, 0.25) is 6.10 Å². The number of amides is 1. The van der Waals surface area contributed by atoms with E-state index in [2.05, 4.69) is 20.2 Å². The molecule has 0 radical (unpaired) electrons. The molecule has 1 aromatic heterocycles. The van der Waals surface area contributed by atoms with E-state index in [0.29, 0.717) is 11.4 Å². The van der Waals surface area contributed by atoms with Crippen molar-refractivity contribution in [2.75, 3.05) is 13.7 Å². The Morgan fingerprint density at radius 2 is 2.08 bits per heavy atom. The van der Waals surface area contributed by atoms with Gasteiger partial charge in [-0.1, -0.05) is 36.3 Å². The molecule has 1 N–H and O–H groups in total. The van der Waals surface area contributed by atoms with Gasteiger partial charge in [-0.3, -0.25) is 9.78 Å². The average Bonchev–Trinajstić information content (AvgIpc) is 2.99. The smallest absolute Gasteiger partial charge is 0.350 e. The monoisotopic (exact) mass is 327 g/mol. The molecule has 2 unspecified atom stereocenters. The minimum absolute atomic E-state index is 0.179. The van der Waals surface area contributed by atoms with Crippen LogP contribution < -0.4 is 5.32 Å². The van der Waals surface area contributed by atoms with E-state index < -0.39 is 12.1 Å². The molecule has 1 aromatic carbocycles. The number of methoxy groups -OCH3 is 1. The molecule has 0 fully saturated rings. The van der Waals surface area contributed by atoms with Gasteiger partial charge in [-0.15, -0.1) is 0 Å². The minimum Gasteiger partial charge on any atom is -0.466 e. The summed E-state index contributed by atoms with van der Waals surface area (Å²) in [7, 11) is 1.30. The lowest BCUT2D eigenvalue weighted by atomic mass is 9.99. The molecule has 24 heavy (non-hydrogen) atoms. The van der Waals surface area contributed by atoms with Crippen LogP contribution in [0.5, 0.6) is 0 Å². The fraction of sp³-hybridized carbons (Fsp3) is 0.294. The lowest BCUT2D eigenvalue weighted by Crippen LogP contribution is -2.36. The maximum atomic E-state index is 12.4. The normalized spacial score (nSPS) is 19.5. The average molecular weight is 327 g/mol. The molecule has 0 saturated heterocycles. The number of fused-ring (bicyclic) bond motifs is 1. The molecule has 7 heteroatoms. The van der Waals surface area contributed by atoms with Crippen LogP contribution in [0, 0.1) is 5.92 Å². The molecular formula is C17H17N3O4. The maximum Gasteiger partial charge on any atom is 0.350 e. The van der Waals surface area contributed by atoms with Crippen molar-refractivity contribution < 1.29 is 19.2 Å². The van der Waals surface area contributed by atoms with Gasteiger partial charge >= 0.3 is 5.97 Å². The second kappa shape index (κ2) is 6.66. The summed E-state index contributed by atoms with van der Waals surface area (Å²) in [5, 5.41) is 8.38. The van der Waals surface area contributed by atoms with Crippen LogP contribution in [-0.2, 0) is 14.4 Å². The number of hydrogen-bond acceptors (Lipinski definition) is 6. The zero-order valence-corrected chi connectivity index (χ0v) is 13.4. The Balaban J connectivity index is 1.69. The van der Waals surface area contributed by atoms with E-state index in [-0.39, 0.29) is 18.4 Å². The third-order valence-corrected chi connectivity index (χ3v) is 4.02. The quantitative estimate of drug-likeness (QED) is 0.860. The van der Waals surface area contributed by atoms with Crippen molar-refractivity contribution in [3.63, 3.8) is 0 Å². The highest BCUT2D eigenvalue weighted by Crippen LogP contribution is 2.19. The summed E-state index contributed by atoms with van der Waals surface area (Å²) in [6.07, 6.45) is 0.834. The van der Waals surface area contributed by atoms with Gasteiger partial charge in [0.25, 0.3) is 5.91 Å². The van der Waals surface area contributed by atoms with E-state index in [1.54, 1.807) is 13.1 Å². The molecule has 1 aliphatic heterocycles. The van der Waals surface area contributed by atoms with Crippen molar-refractivity contribution >= 4 is 28.4 Å². The molecule has 2 heterocycles. The lowest BCUT2D eigenvalue weighted by molar-refractivity contribution is -0.154. The molecular weight excluding hydrogens is 310 g/mol. The Bertz CT molecular complexity index is 813. The molecule has 124 valence electrons. The summed E-state index contributed by atoms with van der Waals surface area (Å²) < 4.78 is 4.66. The van der Waals surface area contributed by atoms with Crippen LogP contribution in [0.1, 0.15) is 17.4 Å². The van der Waals surface area contributed by atoms with Gasteiger partial charge in [0.05, 0.1) is 25.3 Å². The second-order valence-corrected chi connectivity index (χ2v) is 5.48. The number of hydrogen-bond donors (Lipinski definition) is 1. The number of esters is 1. The van der Waals surface area contributed by atoms with Gasteiger partial charge in [0, 0.05) is 11.6 Å². The Morgan fingerprint density at radius 1 is 1.29 bits per heavy atom. The summed E-state index contributed by atoms with van der Waals surface area (Å²) in [5.41, 5.74) is 0.934. The number of benzene rings is 1. The van der Waals surface area contributed by atoms with Gasteiger partial charge in [-0.2, -0.15) is 0 Å². The molecule has 1 aliphatic rings. The van der Waals surface area contributed by atoms with Crippen molar-refractivity contribution in [3.8, 4) is 0 Å². The highest BCUT2D eigenvalue weighted by Gasteiger charge is 2.37. The van der Waals surface area contributed by atoms with Crippen LogP contribution in [0.4, 0.5) is 0 Å². The summed E-state index contributed by atoms with van der Waals surface area (Å²) >= 11 is 0. The van der Waals surface area contributed by atoms with E-state index in [4.69, 9.17) is 4.84 Å². The first-order valence-electron chi connectivity index (χ1n) is 7.54. The van der Waals surface area contributed by atoms with Crippen molar-refractivity contribution in [2.45, 2.75) is 13.0 Å². The number of carbonyl (C=O) groups is 2. The first-order chi connectivity index (χ1) is 11.6. The largest absolute Gasteiger partial charge is 0.466 e. The molecule has 0 bridgehead atoms. The predicted octanol–water partition coefficient (Wildman–Crippen LogP) is 1.53. The Labute approximate surface area is 138 Å². The van der Waals surface area contributed by atoms with Gasteiger partial charge in [0.1, 0.15) is 5.69 Å². The highest BCUT2D eigenvalue weighted by atomic mass is 16.7. The summed E-state index contributed by atoms with van der Waals surface area (Å²) in [6.45, 7) is 1.98. The molecule has 7 nitrogen and oxygen atoms in total. The molecule has 0 saturated carbocycles. The number of ether oxygens (including phenoxy) is 1. The van der Waals surface area contributed by atoms with Crippen LogP contribution in [0.2, 0.25) is 0 Å². The number of nitrogens with one attached hydrogen (secondary N) is 1. The highest BCUT2D eigenvalue weighted by molar-refractivity contribution is 6.06. The number of pyridine rings is 1. The van der Waals surface area contributed by atoms with Crippen molar-refractivity contribution in [3.05, 3.63) is 42.2 Å². The molecule has 0 aliphatic carbocycles. The third kappa shape index (κ3) is 2.92. The number of rotatable bonds is 4. The minimum atomic E-state index is -0.766. The maximum absolute atomic E-state index is 12.4. The van der Waals surface area contributed by atoms with E-state index in [1.807, 2.05) is 30.3 Å². The van der Waals surface area contributed by atoms with Crippen LogP contribution in [0.3, 0.4) is 0 Å². The molecule has 3 rings (SSSR count). The van der Waals surface area contributed by atoms with Gasteiger partial charge < -0.3 is 14.9 Å². The Kier molecular flexibility index (Phi) is 4.41. The van der Waals surface area contributed by atoms with Gasteiger partial charge in [0.15, 0.2) is 0 Å². The van der Waals surface area contributed by atoms with Gasteiger partial charge in [-0.25, -0.2) is 4.79 Å². The van der Waals surface area contributed by atoms with Gasteiger partial charge in [-0.05, 0) is 11.5 Å². The first kappa shape index (κ1) is 15.9. The number of oxime groups is 1. The van der Waals surface area contributed by atoms with E-state index in [0.717, 1.165) is 10.8 Å². The summed E-state index contributed by atoms with van der Waals surface area (Å²) in [5.74, 6) is -1.05. The molecule has 0 spiro atoms. The van der Waals surface area contributed by atoms with Crippen LogP contribution in [0.25, 0.3) is 10.8 Å². The SMILES string of the molecule is COC(=O)C1ON=C(CNC(=O)c2nccc3ccccc23)C1C. The van der Waals surface area contributed by atoms with E-state index >= 15 is 0 Å². The summed E-state index contributed by atoms with van der Waals surface area (Å²) in [6, 6.07) is 9.39. The lowest BCUT2D eigenvalue weighted by Gasteiger charge is -2.12. The molecule has 2 atom stereocenters. The van der Waals surface area contributed by atoms with Crippen LogP contribution in [-0.4, -0.2) is 42.3 Å².